The van der Waals surface area contributed by atoms with Gasteiger partial charge in [0.05, 0.1) is 44.2 Å². The van der Waals surface area contributed by atoms with Gasteiger partial charge in [-0.1, -0.05) is 51.3 Å². The number of nitrogens with one attached hydrogen (secondary N) is 1. The van der Waals surface area contributed by atoms with Gasteiger partial charge in [0.2, 0.25) is 12.3 Å². The second kappa shape index (κ2) is 22.8. The number of nitrogens with zero attached hydrogens (tertiary/aromatic N) is 1. The number of aryl methyl sites for hydroxylation is 1. The first-order valence-corrected chi connectivity index (χ1v) is 13.3. The van der Waals surface area contributed by atoms with Crippen LogP contribution in [0.5, 0.6) is 0 Å². The van der Waals surface area contributed by atoms with Crippen molar-refractivity contribution in [1.82, 2.24) is 10.2 Å². The lowest BCUT2D eigenvalue weighted by atomic mass is 9.99. The number of imide groups is 2. The molecule has 1 heterocycles. The van der Waals surface area contributed by atoms with Gasteiger partial charge < -0.3 is 19.9 Å². The van der Waals surface area contributed by atoms with Crippen LogP contribution in [0.3, 0.4) is 0 Å². The molecule has 218 valence electrons. The Morgan fingerprint density at radius 1 is 1.00 bits per heavy atom. The van der Waals surface area contributed by atoms with Gasteiger partial charge in [-0.25, -0.2) is 0 Å². The molecule has 1 aromatic carbocycles. The highest BCUT2D eigenvalue weighted by atomic mass is 16.5. The Hall–Kier alpha value is -3.18. The molecule has 0 saturated carbocycles. The van der Waals surface area contributed by atoms with Gasteiger partial charge >= 0.3 is 0 Å². The van der Waals surface area contributed by atoms with Crippen molar-refractivity contribution >= 4 is 24.1 Å². The van der Waals surface area contributed by atoms with Gasteiger partial charge in [0.1, 0.15) is 0 Å². The smallest absolute Gasteiger partial charge is 0.262 e. The number of rotatable bonds is 18. The average Bonchev–Trinajstić information content (AvgIpc) is 3.21. The third kappa shape index (κ3) is 13.4. The Bertz CT molecular complexity index is 899. The van der Waals surface area contributed by atoms with Crippen LogP contribution in [0, 0.1) is 0 Å². The van der Waals surface area contributed by atoms with E-state index in [2.05, 4.69) is 18.5 Å². The largest absolute Gasteiger partial charge is 0.379 e. The molecule has 1 atom stereocenters. The minimum atomic E-state index is -0.466. The highest BCUT2D eigenvalue weighted by molar-refractivity contribution is 6.22. The first kappa shape index (κ1) is 35.8. The highest BCUT2D eigenvalue weighted by Crippen LogP contribution is 2.29. The van der Waals surface area contributed by atoms with Crippen molar-refractivity contribution in [2.45, 2.75) is 52.5 Å². The molecule has 0 saturated heterocycles. The van der Waals surface area contributed by atoms with Gasteiger partial charge in [0, 0.05) is 25.6 Å². The quantitative estimate of drug-likeness (QED) is 0.124. The molecular formula is C29H45N3O7. The maximum Gasteiger partial charge on any atom is 0.262 e. The van der Waals surface area contributed by atoms with Crippen molar-refractivity contribution in [2.24, 2.45) is 5.73 Å². The van der Waals surface area contributed by atoms with Gasteiger partial charge in [-0.15, -0.1) is 0 Å². The van der Waals surface area contributed by atoms with Crippen molar-refractivity contribution in [3.05, 3.63) is 60.2 Å². The summed E-state index contributed by atoms with van der Waals surface area (Å²) in [5, 5.41) is 2.06. The lowest BCUT2D eigenvalue weighted by Gasteiger charge is -2.22. The maximum atomic E-state index is 13.0. The van der Waals surface area contributed by atoms with Crippen molar-refractivity contribution in [3.8, 4) is 0 Å². The van der Waals surface area contributed by atoms with Crippen LogP contribution in [0.25, 0.3) is 0 Å². The SMILES string of the molecule is C=CC=C.CC.CC(CCC(=O)NC=O)N1C(=O)c2cccc(CCCOCCOCCOCCN)c2C1=O. The Morgan fingerprint density at radius 3 is 2.15 bits per heavy atom. The minimum absolute atomic E-state index is 0.0436. The number of ether oxygens (including phenoxy) is 3. The number of nitrogens with two attached hydrogens (primary N) is 1. The first-order chi connectivity index (χ1) is 18.9. The fraction of sp³-hybridized carbons (Fsp3) is 0.517. The van der Waals surface area contributed by atoms with Crippen molar-refractivity contribution in [1.29, 1.82) is 0 Å². The summed E-state index contributed by atoms with van der Waals surface area (Å²) >= 11 is 0. The molecule has 10 nitrogen and oxygen atoms in total. The van der Waals surface area contributed by atoms with Crippen molar-refractivity contribution in [3.63, 3.8) is 0 Å². The molecule has 4 amide bonds. The van der Waals surface area contributed by atoms with Gasteiger partial charge in [0.25, 0.3) is 11.8 Å². The Kier molecular flexibility index (Phi) is 20.9. The summed E-state index contributed by atoms with van der Waals surface area (Å²) in [6.45, 7) is 15.9. The normalized spacial score (nSPS) is 12.4. The van der Waals surface area contributed by atoms with E-state index in [9.17, 15) is 19.2 Å². The third-order valence-electron chi connectivity index (χ3n) is 5.39. The number of carbonyl (C=O) groups is 4. The fourth-order valence-electron chi connectivity index (χ4n) is 3.58. The Labute approximate surface area is 232 Å². The standard InChI is InChI=1S/C23H33N3O7.C4H6.C2H6/c1-17(7-8-20(28)25-16-27)26-22(29)19-6-2-4-18(21(19)23(26)30)5-3-10-31-12-14-33-15-13-32-11-9-24;1-3-4-2;1-2/h2,4,6,16-17H,3,5,7-15,24H2,1H3,(H,25,27,28);3-4H,1-2H2;1-2H3. The molecule has 0 aromatic heterocycles. The summed E-state index contributed by atoms with van der Waals surface area (Å²) in [6, 6.07) is 4.80. The van der Waals surface area contributed by atoms with Gasteiger partial charge in [-0.2, -0.15) is 0 Å². The van der Waals surface area contributed by atoms with Crippen LogP contribution in [0.4, 0.5) is 0 Å². The number of fused-ring (bicyclic) bond motifs is 1. The molecule has 1 aromatic rings. The second-order valence-electron chi connectivity index (χ2n) is 8.09. The van der Waals surface area contributed by atoms with Gasteiger partial charge in [-0.05, 0) is 37.8 Å². The maximum absolute atomic E-state index is 13.0. The second-order valence-corrected chi connectivity index (χ2v) is 8.09. The van der Waals surface area contributed by atoms with Crippen molar-refractivity contribution < 1.29 is 33.4 Å². The molecule has 1 aliphatic rings. The number of carbonyl (C=O) groups excluding carboxylic acids is 4. The van der Waals surface area contributed by atoms with E-state index in [-0.39, 0.29) is 24.7 Å². The summed E-state index contributed by atoms with van der Waals surface area (Å²) < 4.78 is 16.2. The highest BCUT2D eigenvalue weighted by Gasteiger charge is 2.39. The van der Waals surface area contributed by atoms with Crippen LogP contribution in [-0.2, 0) is 30.2 Å². The molecule has 1 unspecified atom stereocenters. The van der Waals surface area contributed by atoms with E-state index >= 15 is 0 Å². The van der Waals surface area contributed by atoms with E-state index in [1.54, 1.807) is 31.2 Å². The van der Waals surface area contributed by atoms with E-state index < -0.39 is 11.9 Å². The average molecular weight is 548 g/mol. The number of hydrogen-bond acceptors (Lipinski definition) is 8. The Morgan fingerprint density at radius 2 is 1.59 bits per heavy atom. The van der Waals surface area contributed by atoms with Crippen LogP contribution in [-0.4, -0.2) is 81.3 Å². The van der Waals surface area contributed by atoms with Crippen molar-refractivity contribution in [2.75, 3.05) is 46.2 Å². The molecule has 0 radical (unpaired) electrons. The Balaban J connectivity index is 0.00000220. The first-order valence-electron chi connectivity index (χ1n) is 13.3. The molecule has 0 fully saturated rings. The number of hydrogen-bond donors (Lipinski definition) is 2. The lowest BCUT2D eigenvalue weighted by molar-refractivity contribution is -0.125. The van der Waals surface area contributed by atoms with Crippen LogP contribution < -0.4 is 11.1 Å². The third-order valence-corrected chi connectivity index (χ3v) is 5.39. The molecule has 39 heavy (non-hydrogen) atoms. The lowest BCUT2D eigenvalue weighted by Crippen LogP contribution is -2.38. The summed E-state index contributed by atoms with van der Waals surface area (Å²) in [5.74, 6) is -1.15. The topological polar surface area (TPSA) is 137 Å². The summed E-state index contributed by atoms with van der Waals surface area (Å²) in [4.78, 5) is 48.9. The summed E-state index contributed by atoms with van der Waals surface area (Å²) in [6.07, 6.45) is 5.20. The van der Waals surface area contributed by atoms with E-state index in [0.29, 0.717) is 76.6 Å². The van der Waals surface area contributed by atoms with Crippen LogP contribution in [0.1, 0.15) is 66.3 Å². The molecule has 0 aliphatic carbocycles. The molecule has 2 rings (SSSR count). The number of benzene rings is 1. The minimum Gasteiger partial charge on any atom is -0.379 e. The van der Waals surface area contributed by atoms with E-state index in [0.717, 1.165) is 5.56 Å². The summed E-state index contributed by atoms with van der Waals surface area (Å²) in [7, 11) is 0. The van der Waals surface area contributed by atoms with E-state index in [4.69, 9.17) is 19.9 Å². The van der Waals surface area contributed by atoms with E-state index in [1.807, 2.05) is 19.9 Å². The molecular weight excluding hydrogens is 502 g/mol. The van der Waals surface area contributed by atoms with Gasteiger partial charge in [-0.3, -0.25) is 29.4 Å². The van der Waals surface area contributed by atoms with E-state index in [1.165, 1.54) is 4.90 Å². The molecule has 0 spiro atoms. The number of amides is 4. The zero-order valence-electron chi connectivity index (χ0n) is 23.6. The molecule has 0 bridgehead atoms. The molecule has 1 aliphatic heterocycles. The molecule has 10 heteroatoms. The van der Waals surface area contributed by atoms with Gasteiger partial charge in [0.15, 0.2) is 0 Å². The van der Waals surface area contributed by atoms with Crippen LogP contribution >= 0.6 is 0 Å². The molecule has 3 N–H and O–H groups in total. The zero-order valence-corrected chi connectivity index (χ0v) is 23.6. The fourth-order valence-corrected chi connectivity index (χ4v) is 3.58. The summed E-state index contributed by atoms with van der Waals surface area (Å²) in [5.41, 5.74) is 6.94. The predicted octanol–water partition coefficient (Wildman–Crippen LogP) is 3.05. The monoisotopic (exact) mass is 547 g/mol. The van der Waals surface area contributed by atoms with Crippen LogP contribution in [0.2, 0.25) is 0 Å². The number of allylic oxidation sites excluding steroid dienone is 2. The van der Waals surface area contributed by atoms with Crippen LogP contribution in [0.15, 0.2) is 43.5 Å². The zero-order chi connectivity index (χ0) is 29.5. The predicted molar refractivity (Wildman–Crippen MR) is 151 cm³/mol.